The molecule has 1 saturated heterocycles. The van der Waals surface area contributed by atoms with Crippen molar-refractivity contribution in [3.05, 3.63) is 0 Å². The van der Waals surface area contributed by atoms with E-state index in [1.165, 1.54) is 7.05 Å². The highest BCUT2D eigenvalue weighted by molar-refractivity contribution is 5.78. The fraction of sp³-hybridized carbons (Fsp3) is 0.900. The van der Waals surface area contributed by atoms with Crippen LogP contribution in [0.2, 0.25) is 0 Å². The van der Waals surface area contributed by atoms with Gasteiger partial charge in [0, 0.05) is 19.6 Å². The molecule has 5 heteroatoms. The van der Waals surface area contributed by atoms with Gasteiger partial charge in [0.1, 0.15) is 0 Å². The minimum Gasteiger partial charge on any atom is -0.340 e. The van der Waals surface area contributed by atoms with E-state index in [1.807, 2.05) is 0 Å². The first-order valence-corrected chi connectivity index (χ1v) is 5.27. The van der Waals surface area contributed by atoms with E-state index in [-0.39, 0.29) is 11.8 Å². The molecule has 0 saturated carbocycles. The number of nitrogens with zero attached hydrogens (tertiary/aromatic N) is 1. The van der Waals surface area contributed by atoms with Crippen LogP contribution in [0.25, 0.3) is 0 Å². The Bertz CT molecular complexity index is 215. The summed E-state index contributed by atoms with van der Waals surface area (Å²) < 4.78 is 24.1. The maximum atomic E-state index is 12.1. The van der Waals surface area contributed by atoms with E-state index >= 15 is 0 Å². The summed E-state index contributed by atoms with van der Waals surface area (Å²) in [6.45, 7) is 2.20. The Balaban J connectivity index is 2.39. The van der Waals surface area contributed by atoms with Crippen LogP contribution in [-0.4, -0.2) is 43.4 Å². The molecule has 1 heterocycles. The summed E-state index contributed by atoms with van der Waals surface area (Å²) in [6.07, 6.45) is -0.728. The summed E-state index contributed by atoms with van der Waals surface area (Å²) >= 11 is 0. The Morgan fingerprint density at radius 3 is 2.67 bits per heavy atom. The molecule has 1 rings (SSSR count). The minimum atomic E-state index is -2.45. The van der Waals surface area contributed by atoms with Crippen molar-refractivity contribution in [3.63, 3.8) is 0 Å². The summed E-state index contributed by atoms with van der Waals surface area (Å²) in [7, 11) is 1.44. The summed E-state index contributed by atoms with van der Waals surface area (Å²) in [6, 6.07) is 0.425. The van der Waals surface area contributed by atoms with Crippen LogP contribution < -0.4 is 5.32 Å². The lowest BCUT2D eigenvalue weighted by Crippen LogP contribution is -2.45. The van der Waals surface area contributed by atoms with Gasteiger partial charge in [-0.1, -0.05) is 0 Å². The standard InChI is InChI=1S/C10H18F2N2O/c1-7-3-4-8(5-13-7)10(15)14(2)6-9(11)12/h7-9,13H,3-6H2,1-2H3. The molecule has 1 amide bonds. The van der Waals surface area contributed by atoms with Gasteiger partial charge >= 0.3 is 0 Å². The van der Waals surface area contributed by atoms with Gasteiger partial charge in [-0.05, 0) is 19.8 Å². The Kier molecular flexibility index (Phi) is 4.45. The highest BCUT2D eigenvalue weighted by Crippen LogP contribution is 2.16. The van der Waals surface area contributed by atoms with E-state index < -0.39 is 13.0 Å². The van der Waals surface area contributed by atoms with Crippen molar-refractivity contribution < 1.29 is 13.6 Å². The maximum absolute atomic E-state index is 12.1. The van der Waals surface area contributed by atoms with Crippen molar-refractivity contribution in [2.45, 2.75) is 32.2 Å². The zero-order valence-electron chi connectivity index (χ0n) is 9.17. The molecule has 0 radical (unpaired) electrons. The van der Waals surface area contributed by atoms with Gasteiger partial charge in [-0.25, -0.2) is 8.78 Å². The van der Waals surface area contributed by atoms with Crippen LogP contribution in [0.5, 0.6) is 0 Å². The molecule has 1 N–H and O–H groups in total. The highest BCUT2D eigenvalue weighted by Gasteiger charge is 2.27. The molecular formula is C10H18F2N2O. The molecule has 2 atom stereocenters. The quantitative estimate of drug-likeness (QED) is 0.772. The number of carbonyl (C=O) groups is 1. The van der Waals surface area contributed by atoms with Crippen LogP contribution in [-0.2, 0) is 4.79 Å². The summed E-state index contributed by atoms with van der Waals surface area (Å²) in [5, 5.41) is 3.19. The van der Waals surface area contributed by atoms with E-state index in [0.29, 0.717) is 12.6 Å². The Morgan fingerprint density at radius 2 is 2.20 bits per heavy atom. The number of halogens is 2. The number of hydrogen-bond donors (Lipinski definition) is 1. The molecule has 88 valence electrons. The molecule has 3 nitrogen and oxygen atoms in total. The number of alkyl halides is 2. The van der Waals surface area contributed by atoms with Crippen molar-refractivity contribution in [2.75, 3.05) is 20.1 Å². The van der Waals surface area contributed by atoms with Crippen molar-refractivity contribution in [2.24, 2.45) is 5.92 Å². The summed E-state index contributed by atoms with van der Waals surface area (Å²) in [5.74, 6) is -0.306. The molecule has 2 unspecified atom stereocenters. The topological polar surface area (TPSA) is 32.3 Å². The van der Waals surface area contributed by atoms with Crippen LogP contribution in [0.15, 0.2) is 0 Å². The lowest BCUT2D eigenvalue weighted by atomic mass is 9.94. The van der Waals surface area contributed by atoms with Crippen LogP contribution in [0, 0.1) is 5.92 Å². The molecule has 15 heavy (non-hydrogen) atoms. The van der Waals surface area contributed by atoms with E-state index in [4.69, 9.17) is 0 Å². The van der Waals surface area contributed by atoms with Gasteiger partial charge < -0.3 is 10.2 Å². The van der Waals surface area contributed by atoms with E-state index in [0.717, 1.165) is 17.7 Å². The third-order valence-electron chi connectivity index (χ3n) is 2.80. The number of carbonyl (C=O) groups excluding carboxylic acids is 1. The summed E-state index contributed by atoms with van der Waals surface area (Å²) in [5.41, 5.74) is 0. The van der Waals surface area contributed by atoms with Crippen molar-refractivity contribution in [1.29, 1.82) is 0 Å². The maximum Gasteiger partial charge on any atom is 0.255 e. The molecular weight excluding hydrogens is 202 g/mol. The SMILES string of the molecule is CC1CCC(C(=O)N(C)CC(F)F)CN1. The second kappa shape index (κ2) is 5.39. The first-order valence-electron chi connectivity index (χ1n) is 5.27. The first kappa shape index (κ1) is 12.4. The molecule has 0 aromatic rings. The van der Waals surface area contributed by atoms with Crippen LogP contribution in [0.3, 0.4) is 0 Å². The zero-order valence-corrected chi connectivity index (χ0v) is 9.17. The smallest absolute Gasteiger partial charge is 0.255 e. The van der Waals surface area contributed by atoms with Crippen LogP contribution >= 0.6 is 0 Å². The van der Waals surface area contributed by atoms with E-state index in [9.17, 15) is 13.6 Å². The monoisotopic (exact) mass is 220 g/mol. The average Bonchev–Trinajstić information content (AvgIpc) is 2.17. The number of piperidine rings is 1. The van der Waals surface area contributed by atoms with Crippen LogP contribution in [0.4, 0.5) is 8.78 Å². The second-order valence-electron chi connectivity index (χ2n) is 4.19. The fourth-order valence-corrected chi connectivity index (χ4v) is 1.82. The van der Waals surface area contributed by atoms with Crippen molar-refractivity contribution in [1.82, 2.24) is 10.2 Å². The molecule has 0 aliphatic carbocycles. The lowest BCUT2D eigenvalue weighted by molar-refractivity contribution is -0.136. The predicted molar refractivity (Wildman–Crippen MR) is 53.8 cm³/mol. The van der Waals surface area contributed by atoms with Crippen molar-refractivity contribution >= 4 is 5.91 Å². The zero-order chi connectivity index (χ0) is 11.4. The Hall–Kier alpha value is -0.710. The average molecular weight is 220 g/mol. The second-order valence-corrected chi connectivity index (χ2v) is 4.19. The molecule has 0 spiro atoms. The van der Waals surface area contributed by atoms with Gasteiger partial charge in [0.05, 0.1) is 12.5 Å². The van der Waals surface area contributed by atoms with Gasteiger partial charge in [0.15, 0.2) is 0 Å². The molecule has 0 aromatic heterocycles. The minimum absolute atomic E-state index is 0.134. The van der Waals surface area contributed by atoms with E-state index in [1.54, 1.807) is 0 Å². The van der Waals surface area contributed by atoms with Gasteiger partial charge in [-0.3, -0.25) is 4.79 Å². The number of nitrogens with one attached hydrogen (secondary N) is 1. The highest BCUT2D eigenvalue weighted by atomic mass is 19.3. The third kappa shape index (κ3) is 3.74. The number of amides is 1. The van der Waals surface area contributed by atoms with Gasteiger partial charge in [0.25, 0.3) is 6.43 Å². The number of hydrogen-bond acceptors (Lipinski definition) is 2. The molecule has 1 fully saturated rings. The van der Waals surface area contributed by atoms with E-state index in [2.05, 4.69) is 12.2 Å². The molecule has 0 aromatic carbocycles. The molecule has 1 aliphatic rings. The molecule has 0 bridgehead atoms. The largest absolute Gasteiger partial charge is 0.340 e. The third-order valence-corrected chi connectivity index (χ3v) is 2.80. The van der Waals surface area contributed by atoms with Crippen molar-refractivity contribution in [3.8, 4) is 0 Å². The van der Waals surface area contributed by atoms with Gasteiger partial charge in [-0.2, -0.15) is 0 Å². The lowest BCUT2D eigenvalue weighted by Gasteiger charge is -2.29. The fourth-order valence-electron chi connectivity index (χ4n) is 1.82. The molecule has 1 aliphatic heterocycles. The normalized spacial score (nSPS) is 26.7. The Morgan fingerprint density at radius 1 is 1.53 bits per heavy atom. The van der Waals surface area contributed by atoms with Crippen LogP contribution in [0.1, 0.15) is 19.8 Å². The number of rotatable bonds is 3. The van der Waals surface area contributed by atoms with Gasteiger partial charge in [-0.15, -0.1) is 0 Å². The first-order chi connectivity index (χ1) is 7.00. The summed E-state index contributed by atoms with van der Waals surface area (Å²) in [4.78, 5) is 12.8. The van der Waals surface area contributed by atoms with Gasteiger partial charge in [0.2, 0.25) is 5.91 Å². The Labute approximate surface area is 88.8 Å². The predicted octanol–water partition coefficient (Wildman–Crippen LogP) is 1.10.